The molecule has 5 rings (SSSR count). The molecule has 1 atom stereocenters. The summed E-state index contributed by atoms with van der Waals surface area (Å²) in [7, 11) is 0. The van der Waals surface area contributed by atoms with Gasteiger partial charge in [0.25, 0.3) is 5.91 Å². The predicted octanol–water partition coefficient (Wildman–Crippen LogP) is 6.50. The number of hydrogen-bond donors (Lipinski definition) is 1. The quantitative estimate of drug-likeness (QED) is 0.306. The van der Waals surface area contributed by atoms with E-state index in [0.29, 0.717) is 22.8 Å². The number of ketones is 1. The van der Waals surface area contributed by atoms with Crippen molar-refractivity contribution in [1.29, 1.82) is 0 Å². The zero-order valence-corrected chi connectivity index (χ0v) is 20.1. The molecule has 3 heterocycles. The Labute approximate surface area is 204 Å². The fourth-order valence-corrected chi connectivity index (χ4v) is 4.62. The van der Waals surface area contributed by atoms with Crippen LogP contribution >= 0.6 is 15.9 Å². The van der Waals surface area contributed by atoms with Crippen LogP contribution in [0, 0.1) is 0 Å². The van der Waals surface area contributed by atoms with Gasteiger partial charge in [-0.15, -0.1) is 0 Å². The van der Waals surface area contributed by atoms with Crippen LogP contribution in [0.15, 0.2) is 93.3 Å². The molecule has 0 fully saturated rings. The summed E-state index contributed by atoms with van der Waals surface area (Å²) in [6.45, 7) is 4.18. The van der Waals surface area contributed by atoms with Crippen LogP contribution in [0.4, 0.5) is 5.69 Å². The van der Waals surface area contributed by atoms with E-state index in [0.717, 1.165) is 15.4 Å². The minimum atomic E-state index is -0.826. The van der Waals surface area contributed by atoms with Crippen LogP contribution < -0.4 is 4.90 Å². The van der Waals surface area contributed by atoms with E-state index in [4.69, 9.17) is 4.42 Å². The highest BCUT2D eigenvalue weighted by atomic mass is 79.9. The molecule has 1 amide bonds. The highest BCUT2D eigenvalue weighted by molar-refractivity contribution is 9.10. The number of halogens is 1. The number of aromatic nitrogens is 1. The van der Waals surface area contributed by atoms with Crippen LogP contribution in [0.1, 0.15) is 47.5 Å². The van der Waals surface area contributed by atoms with Crippen molar-refractivity contribution in [2.75, 3.05) is 4.90 Å². The number of carbonyl (C=O) groups is 2. The maximum absolute atomic E-state index is 13.6. The van der Waals surface area contributed by atoms with E-state index in [-0.39, 0.29) is 11.3 Å². The first-order valence-electron chi connectivity index (χ1n) is 10.9. The van der Waals surface area contributed by atoms with Crippen molar-refractivity contribution in [3.8, 4) is 0 Å². The van der Waals surface area contributed by atoms with Crippen molar-refractivity contribution in [2.24, 2.45) is 0 Å². The summed E-state index contributed by atoms with van der Waals surface area (Å²) in [4.78, 5) is 32.4. The van der Waals surface area contributed by atoms with E-state index >= 15 is 0 Å². The molecule has 0 aliphatic carbocycles. The molecule has 0 saturated heterocycles. The molecule has 1 N–H and O–H groups in total. The lowest BCUT2D eigenvalue weighted by Gasteiger charge is -2.27. The molecule has 1 aliphatic rings. The first kappa shape index (κ1) is 22.1. The molecule has 0 spiro atoms. The Hall–Kier alpha value is -3.71. The third-order valence-electron chi connectivity index (χ3n) is 6.01. The van der Waals surface area contributed by atoms with E-state index in [9.17, 15) is 14.7 Å². The number of fused-ring (bicyclic) bond motifs is 1. The molecular weight excluding hydrogens is 496 g/mol. The van der Waals surface area contributed by atoms with Gasteiger partial charge in [-0.1, -0.05) is 41.9 Å². The lowest BCUT2D eigenvalue weighted by Crippen LogP contribution is -2.31. The largest absolute Gasteiger partial charge is 0.503 e. The van der Waals surface area contributed by atoms with Crippen molar-refractivity contribution in [2.45, 2.75) is 25.8 Å². The van der Waals surface area contributed by atoms with Gasteiger partial charge >= 0.3 is 0 Å². The number of anilines is 1. The normalized spacial score (nSPS) is 16.2. The molecule has 4 aromatic rings. The van der Waals surface area contributed by atoms with Crippen molar-refractivity contribution in [3.63, 3.8) is 0 Å². The molecule has 1 unspecified atom stereocenters. The molecule has 34 heavy (non-hydrogen) atoms. The molecule has 0 bridgehead atoms. The third kappa shape index (κ3) is 3.72. The van der Waals surface area contributed by atoms with Crippen molar-refractivity contribution in [3.05, 3.63) is 106 Å². The topological polar surface area (TPSA) is 83.6 Å². The van der Waals surface area contributed by atoms with Gasteiger partial charge in [-0.25, -0.2) is 0 Å². The van der Waals surface area contributed by atoms with Crippen LogP contribution in [-0.4, -0.2) is 21.8 Å². The molecule has 0 radical (unpaired) electrons. The van der Waals surface area contributed by atoms with Gasteiger partial charge < -0.3 is 9.52 Å². The smallest absolute Gasteiger partial charge is 0.294 e. The Balaban J connectivity index is 1.62. The number of benzene rings is 2. The number of carbonyl (C=O) groups excluding carboxylic acids is 2. The number of furan rings is 1. The van der Waals surface area contributed by atoms with Gasteiger partial charge in [0.1, 0.15) is 5.58 Å². The minimum absolute atomic E-state index is 0.0257. The predicted molar refractivity (Wildman–Crippen MR) is 133 cm³/mol. The Morgan fingerprint density at radius 2 is 1.76 bits per heavy atom. The first-order valence-corrected chi connectivity index (χ1v) is 11.6. The SMILES string of the molecule is CC(C)c1ccc(N2C(=O)C(O)=C(C(=O)c3cc4cc(Br)ccc4o3)C2c2ccncc2)cc1. The van der Waals surface area contributed by atoms with E-state index in [1.54, 1.807) is 36.7 Å². The average molecular weight is 517 g/mol. The highest BCUT2D eigenvalue weighted by Gasteiger charge is 2.45. The Bertz CT molecular complexity index is 1440. The Morgan fingerprint density at radius 3 is 2.44 bits per heavy atom. The van der Waals surface area contributed by atoms with Crippen molar-refractivity contribution < 1.29 is 19.1 Å². The number of Topliss-reactive ketones (excluding diaryl/α,β-unsaturated/α-hetero) is 1. The molecule has 2 aromatic carbocycles. The lowest BCUT2D eigenvalue weighted by molar-refractivity contribution is -0.117. The molecule has 0 saturated carbocycles. The number of aliphatic hydroxyl groups excluding tert-OH is 1. The number of rotatable bonds is 5. The second kappa shape index (κ2) is 8.57. The van der Waals surface area contributed by atoms with Crippen LogP contribution in [-0.2, 0) is 4.79 Å². The summed E-state index contributed by atoms with van der Waals surface area (Å²) in [6, 6.07) is 17.2. The number of aliphatic hydroxyl groups is 1. The monoisotopic (exact) mass is 516 g/mol. The number of hydrogen-bond acceptors (Lipinski definition) is 5. The molecule has 2 aromatic heterocycles. The summed E-state index contributed by atoms with van der Waals surface area (Å²) in [5.41, 5.74) is 2.87. The van der Waals surface area contributed by atoms with E-state index < -0.39 is 23.5 Å². The highest BCUT2D eigenvalue weighted by Crippen LogP contribution is 2.42. The van der Waals surface area contributed by atoms with Gasteiger partial charge in [0.15, 0.2) is 11.5 Å². The Kier molecular flexibility index (Phi) is 5.57. The number of nitrogens with zero attached hydrogens (tertiary/aromatic N) is 2. The van der Waals surface area contributed by atoms with E-state index in [1.165, 1.54) is 4.90 Å². The number of amides is 1. The average Bonchev–Trinajstić information content (AvgIpc) is 3.38. The second-order valence-corrected chi connectivity index (χ2v) is 9.40. The number of pyridine rings is 1. The lowest BCUT2D eigenvalue weighted by atomic mass is 9.95. The second-order valence-electron chi connectivity index (χ2n) is 8.49. The van der Waals surface area contributed by atoms with E-state index in [2.05, 4.69) is 34.8 Å². The third-order valence-corrected chi connectivity index (χ3v) is 6.51. The maximum atomic E-state index is 13.6. The summed E-state index contributed by atoms with van der Waals surface area (Å²) >= 11 is 3.42. The summed E-state index contributed by atoms with van der Waals surface area (Å²) in [5.74, 6) is -1.38. The fourth-order valence-electron chi connectivity index (χ4n) is 4.24. The minimum Gasteiger partial charge on any atom is -0.503 e. The van der Waals surface area contributed by atoms with Gasteiger partial charge in [0.2, 0.25) is 5.78 Å². The van der Waals surface area contributed by atoms with Crippen LogP contribution in [0.3, 0.4) is 0 Å². The first-order chi connectivity index (χ1) is 16.3. The maximum Gasteiger partial charge on any atom is 0.294 e. The van der Waals surface area contributed by atoms with Gasteiger partial charge in [-0.2, -0.15) is 0 Å². The van der Waals surface area contributed by atoms with Gasteiger partial charge in [0.05, 0.1) is 11.6 Å². The van der Waals surface area contributed by atoms with Gasteiger partial charge in [-0.3, -0.25) is 19.5 Å². The zero-order chi connectivity index (χ0) is 24.0. The van der Waals surface area contributed by atoms with Crippen LogP contribution in [0.5, 0.6) is 0 Å². The molecule has 170 valence electrons. The van der Waals surface area contributed by atoms with Gasteiger partial charge in [-0.05, 0) is 65.6 Å². The Morgan fingerprint density at radius 1 is 1.06 bits per heavy atom. The molecule has 6 nitrogen and oxygen atoms in total. The van der Waals surface area contributed by atoms with Crippen LogP contribution in [0.2, 0.25) is 0 Å². The zero-order valence-electron chi connectivity index (χ0n) is 18.5. The standard InChI is InChI=1S/C27H21BrN2O4/c1-15(2)16-3-6-20(7-4-16)30-24(17-9-11-29-12-10-17)23(26(32)27(30)33)25(31)22-14-18-13-19(28)5-8-21(18)34-22/h3-15,24,32H,1-2H3. The summed E-state index contributed by atoms with van der Waals surface area (Å²) in [6.07, 6.45) is 3.19. The van der Waals surface area contributed by atoms with Crippen LogP contribution in [0.25, 0.3) is 11.0 Å². The molecule has 1 aliphatic heterocycles. The molecule has 7 heteroatoms. The van der Waals surface area contributed by atoms with E-state index in [1.807, 2.05) is 36.4 Å². The summed E-state index contributed by atoms with van der Waals surface area (Å²) in [5, 5.41) is 11.7. The summed E-state index contributed by atoms with van der Waals surface area (Å²) < 4.78 is 6.64. The fraction of sp³-hybridized carbons (Fsp3) is 0.148. The van der Waals surface area contributed by atoms with Crippen molar-refractivity contribution in [1.82, 2.24) is 4.98 Å². The van der Waals surface area contributed by atoms with Crippen molar-refractivity contribution >= 4 is 44.3 Å². The molecular formula is C27H21BrN2O4. The van der Waals surface area contributed by atoms with Gasteiger partial charge in [0, 0.05) is 27.9 Å².